The maximum Gasteiger partial charge on any atom is 0.217 e. The van der Waals surface area contributed by atoms with Crippen LogP contribution in [-0.2, 0) is 6.54 Å². The normalized spacial score (nSPS) is 20.2. The Morgan fingerprint density at radius 1 is 1.56 bits per heavy atom. The molecule has 1 saturated heterocycles. The molecule has 0 spiro atoms. The number of methoxy groups -OCH3 is 1. The smallest absolute Gasteiger partial charge is 0.217 e. The molecular weight excluding hydrogens is 226 g/mol. The quantitative estimate of drug-likeness (QED) is 0.835. The van der Waals surface area contributed by atoms with Gasteiger partial charge in [0, 0.05) is 24.3 Å². The van der Waals surface area contributed by atoms with Crippen LogP contribution in [0.15, 0.2) is 18.3 Å². The lowest BCUT2D eigenvalue weighted by Gasteiger charge is -2.24. The molecule has 0 amide bonds. The zero-order chi connectivity index (χ0) is 12.8. The van der Waals surface area contributed by atoms with Gasteiger partial charge in [-0.05, 0) is 44.8 Å². The van der Waals surface area contributed by atoms with Gasteiger partial charge in [-0.15, -0.1) is 0 Å². The third kappa shape index (κ3) is 3.21. The van der Waals surface area contributed by atoms with Crippen molar-refractivity contribution in [1.29, 1.82) is 0 Å². The first-order valence-electron chi connectivity index (χ1n) is 6.77. The van der Waals surface area contributed by atoms with E-state index >= 15 is 0 Å². The lowest BCUT2D eigenvalue weighted by Crippen LogP contribution is -2.29. The number of ether oxygens (including phenoxy) is 1. The summed E-state index contributed by atoms with van der Waals surface area (Å²) in [5.41, 5.74) is 6.78. The van der Waals surface area contributed by atoms with E-state index in [1.54, 1.807) is 13.3 Å². The Morgan fingerprint density at radius 2 is 2.44 bits per heavy atom. The van der Waals surface area contributed by atoms with Crippen LogP contribution in [0.25, 0.3) is 0 Å². The lowest BCUT2D eigenvalue weighted by atomic mass is 10.1. The van der Waals surface area contributed by atoms with Crippen LogP contribution in [0.1, 0.15) is 31.2 Å². The first kappa shape index (κ1) is 13.3. The fraction of sp³-hybridized carbons (Fsp3) is 0.643. The summed E-state index contributed by atoms with van der Waals surface area (Å²) in [5, 5.41) is 0. The molecule has 0 bridgehead atoms. The van der Waals surface area contributed by atoms with Crippen LogP contribution in [0.5, 0.6) is 5.88 Å². The standard InChI is InChI=1S/C14H23N3O/c1-18-14-12(5-3-9-16-14)11-17-10-4-7-13(17)6-2-8-15/h3,5,9,13H,2,4,6-8,10-11,15H2,1H3. The third-order valence-corrected chi connectivity index (χ3v) is 3.66. The predicted octanol–water partition coefficient (Wildman–Crippen LogP) is 1.79. The molecule has 1 aromatic rings. The third-order valence-electron chi connectivity index (χ3n) is 3.66. The van der Waals surface area contributed by atoms with Crippen molar-refractivity contribution in [3.63, 3.8) is 0 Å². The fourth-order valence-corrected chi connectivity index (χ4v) is 2.73. The average molecular weight is 249 g/mol. The number of nitrogens with two attached hydrogens (primary N) is 1. The van der Waals surface area contributed by atoms with E-state index in [9.17, 15) is 0 Å². The molecule has 0 aliphatic carbocycles. The Kier molecular flexibility index (Phi) is 4.96. The first-order chi connectivity index (χ1) is 8.85. The highest BCUT2D eigenvalue weighted by Gasteiger charge is 2.24. The molecule has 1 aromatic heterocycles. The summed E-state index contributed by atoms with van der Waals surface area (Å²) in [6.45, 7) is 2.90. The zero-order valence-corrected chi connectivity index (χ0v) is 11.1. The van der Waals surface area contributed by atoms with Crippen molar-refractivity contribution in [1.82, 2.24) is 9.88 Å². The maximum atomic E-state index is 5.60. The second-order valence-corrected chi connectivity index (χ2v) is 4.87. The molecular formula is C14H23N3O. The minimum Gasteiger partial charge on any atom is -0.481 e. The van der Waals surface area contributed by atoms with Crippen molar-refractivity contribution in [3.05, 3.63) is 23.9 Å². The summed E-state index contributed by atoms with van der Waals surface area (Å²) in [4.78, 5) is 6.79. The van der Waals surface area contributed by atoms with Gasteiger partial charge in [0.25, 0.3) is 0 Å². The Labute approximate surface area is 109 Å². The Bertz CT molecular complexity index is 370. The first-order valence-corrected chi connectivity index (χ1v) is 6.77. The largest absolute Gasteiger partial charge is 0.481 e. The van der Waals surface area contributed by atoms with Gasteiger partial charge < -0.3 is 10.5 Å². The monoisotopic (exact) mass is 249 g/mol. The molecule has 0 saturated carbocycles. The summed E-state index contributed by atoms with van der Waals surface area (Å²) < 4.78 is 5.31. The lowest BCUT2D eigenvalue weighted by molar-refractivity contribution is 0.228. The molecule has 1 aliphatic heterocycles. The van der Waals surface area contributed by atoms with Crippen LogP contribution in [-0.4, -0.2) is 36.1 Å². The second kappa shape index (κ2) is 6.71. The van der Waals surface area contributed by atoms with Crippen LogP contribution in [0.3, 0.4) is 0 Å². The van der Waals surface area contributed by atoms with E-state index < -0.39 is 0 Å². The number of nitrogens with zero attached hydrogens (tertiary/aromatic N) is 2. The molecule has 1 fully saturated rings. The van der Waals surface area contributed by atoms with Gasteiger partial charge >= 0.3 is 0 Å². The Balaban J connectivity index is 1.99. The van der Waals surface area contributed by atoms with E-state index in [0.29, 0.717) is 6.04 Å². The molecule has 0 radical (unpaired) electrons. The summed E-state index contributed by atoms with van der Waals surface area (Å²) in [5.74, 6) is 0.752. The molecule has 2 heterocycles. The van der Waals surface area contributed by atoms with Gasteiger partial charge in [0.1, 0.15) is 0 Å². The van der Waals surface area contributed by atoms with Crippen molar-refractivity contribution in [2.45, 2.75) is 38.3 Å². The minimum absolute atomic E-state index is 0.679. The van der Waals surface area contributed by atoms with Gasteiger partial charge in [-0.25, -0.2) is 4.98 Å². The molecule has 4 heteroatoms. The molecule has 2 N–H and O–H groups in total. The highest BCUT2D eigenvalue weighted by molar-refractivity contribution is 5.25. The van der Waals surface area contributed by atoms with E-state index in [1.807, 2.05) is 6.07 Å². The molecule has 0 aromatic carbocycles. The second-order valence-electron chi connectivity index (χ2n) is 4.87. The molecule has 1 aliphatic rings. The van der Waals surface area contributed by atoms with Crippen molar-refractivity contribution >= 4 is 0 Å². The van der Waals surface area contributed by atoms with Crippen LogP contribution in [0, 0.1) is 0 Å². The SMILES string of the molecule is COc1ncccc1CN1CCCC1CCCN. The molecule has 2 rings (SSSR count). The summed E-state index contributed by atoms with van der Waals surface area (Å²) in [6.07, 6.45) is 6.68. The number of likely N-dealkylation sites (tertiary alicyclic amines) is 1. The van der Waals surface area contributed by atoms with Gasteiger partial charge in [-0.3, -0.25) is 4.90 Å². The van der Waals surface area contributed by atoms with Gasteiger partial charge in [0.2, 0.25) is 5.88 Å². The summed E-state index contributed by atoms with van der Waals surface area (Å²) in [7, 11) is 1.68. The van der Waals surface area contributed by atoms with Crippen molar-refractivity contribution in [2.24, 2.45) is 5.73 Å². The minimum atomic E-state index is 0.679. The van der Waals surface area contributed by atoms with Crippen LogP contribution < -0.4 is 10.5 Å². The van der Waals surface area contributed by atoms with Gasteiger partial charge in [-0.2, -0.15) is 0 Å². The number of aromatic nitrogens is 1. The molecule has 18 heavy (non-hydrogen) atoms. The molecule has 4 nitrogen and oxygen atoms in total. The highest BCUT2D eigenvalue weighted by atomic mass is 16.5. The Hall–Kier alpha value is -1.13. The summed E-state index contributed by atoms with van der Waals surface area (Å²) in [6, 6.07) is 4.76. The van der Waals surface area contributed by atoms with E-state index in [4.69, 9.17) is 10.5 Å². The molecule has 1 unspecified atom stereocenters. The topological polar surface area (TPSA) is 51.4 Å². The van der Waals surface area contributed by atoms with Crippen LogP contribution in [0.4, 0.5) is 0 Å². The predicted molar refractivity (Wildman–Crippen MR) is 72.5 cm³/mol. The van der Waals surface area contributed by atoms with E-state index in [1.165, 1.54) is 31.4 Å². The van der Waals surface area contributed by atoms with Crippen LogP contribution >= 0.6 is 0 Å². The van der Waals surface area contributed by atoms with Crippen molar-refractivity contribution in [2.75, 3.05) is 20.2 Å². The zero-order valence-electron chi connectivity index (χ0n) is 11.1. The van der Waals surface area contributed by atoms with E-state index in [0.717, 1.165) is 25.4 Å². The molecule has 100 valence electrons. The van der Waals surface area contributed by atoms with Crippen molar-refractivity contribution < 1.29 is 4.74 Å². The summed E-state index contributed by atoms with van der Waals surface area (Å²) >= 11 is 0. The van der Waals surface area contributed by atoms with Gasteiger partial charge in [-0.1, -0.05) is 6.07 Å². The Morgan fingerprint density at radius 3 is 3.22 bits per heavy atom. The average Bonchev–Trinajstić information content (AvgIpc) is 2.84. The van der Waals surface area contributed by atoms with Crippen molar-refractivity contribution in [3.8, 4) is 5.88 Å². The number of rotatable bonds is 6. The molecule has 1 atom stereocenters. The van der Waals surface area contributed by atoms with Gasteiger partial charge in [0.15, 0.2) is 0 Å². The van der Waals surface area contributed by atoms with E-state index in [-0.39, 0.29) is 0 Å². The van der Waals surface area contributed by atoms with Crippen LogP contribution in [0.2, 0.25) is 0 Å². The number of hydrogen-bond donors (Lipinski definition) is 1. The van der Waals surface area contributed by atoms with Gasteiger partial charge in [0.05, 0.1) is 7.11 Å². The highest BCUT2D eigenvalue weighted by Crippen LogP contribution is 2.25. The van der Waals surface area contributed by atoms with E-state index in [2.05, 4.69) is 16.0 Å². The fourth-order valence-electron chi connectivity index (χ4n) is 2.73. The number of hydrogen-bond acceptors (Lipinski definition) is 4. The maximum absolute atomic E-state index is 5.60. The number of pyridine rings is 1.